The fourth-order valence-corrected chi connectivity index (χ4v) is 12.3. The number of Topliss-reactive ketones (excluding diaryl/α,β-unsaturated/α-hetero) is 2. The van der Waals surface area contributed by atoms with E-state index in [1.807, 2.05) is 0 Å². The number of esters is 2. The van der Waals surface area contributed by atoms with Crippen LogP contribution in [0.2, 0.25) is 45.2 Å². The number of carbonyl (C=O) groups is 4. The van der Waals surface area contributed by atoms with Gasteiger partial charge in [-0.3, -0.25) is 29.5 Å². The lowest BCUT2D eigenvalue weighted by Gasteiger charge is -2.25. The molecule has 3 aliphatic heterocycles. The third kappa shape index (κ3) is 20.7. The van der Waals surface area contributed by atoms with Crippen molar-refractivity contribution in [1.29, 1.82) is 0 Å². The van der Waals surface area contributed by atoms with E-state index >= 15 is 0 Å². The lowest BCUT2D eigenvalue weighted by atomic mass is 9.94. The molecule has 0 bridgehead atoms. The molecule has 3 aliphatic rings. The van der Waals surface area contributed by atoms with Gasteiger partial charge < -0.3 is 25.0 Å². The normalized spacial score (nSPS) is 12.8. The van der Waals surface area contributed by atoms with Crippen LogP contribution in [-0.2, 0) is 47.6 Å². The molecule has 6 heterocycles. The largest absolute Gasteiger partial charge is 0.417 e. The molecular weight excluding hydrogens is 1620 g/mol. The summed E-state index contributed by atoms with van der Waals surface area (Å²) in [6, 6.07) is 30.6. The summed E-state index contributed by atoms with van der Waals surface area (Å²) in [6.07, 6.45) is -9.35. The van der Waals surface area contributed by atoms with Gasteiger partial charge in [-0.05, 0) is 111 Å². The van der Waals surface area contributed by atoms with Crippen LogP contribution in [0.5, 0.6) is 0 Å². The Morgan fingerprint density at radius 3 is 1.39 bits per heavy atom. The molecule has 14 nitrogen and oxygen atoms in total. The maximum atomic E-state index is 13.2. The molecule has 0 aliphatic carbocycles. The second-order valence-corrected chi connectivity index (χ2v) is 25.7. The van der Waals surface area contributed by atoms with E-state index in [1.54, 1.807) is 71.6 Å². The molecule has 33 heteroatoms. The SMILES string of the molecule is C.C.C.COCN(Cc1ccc(Cl)c(C(F)(F)F)c1)c1cc(Cl)cnc1Br.O=C1CN=C(c2ncc(Cl)cc2NCc2ccc(Cl)c(C(F)(F)F)c2)c2c(Cl)cccc21.O=C1CN=C(c2ncc(Cl)cc2NCc2ccc(Cl)c(C(F)(F)F)c2)c2cccc(Cl)c21.O=C1OC(=O)c2c(Cl)cccc21. The van der Waals surface area contributed by atoms with Gasteiger partial charge in [0.15, 0.2) is 11.6 Å². The number of ether oxygens (including phenoxy) is 2. The zero-order valence-electron chi connectivity index (χ0n) is 50.4. The van der Waals surface area contributed by atoms with Crippen molar-refractivity contribution in [1.82, 2.24) is 15.0 Å². The maximum absolute atomic E-state index is 13.2. The highest BCUT2D eigenvalue weighted by molar-refractivity contribution is 9.10. The highest BCUT2D eigenvalue weighted by Gasteiger charge is 2.37. The van der Waals surface area contributed by atoms with Gasteiger partial charge >= 0.3 is 30.5 Å². The molecule has 0 atom stereocenters. The molecule has 103 heavy (non-hydrogen) atoms. The van der Waals surface area contributed by atoms with Crippen molar-refractivity contribution in [2.75, 3.05) is 42.5 Å². The van der Waals surface area contributed by atoms with Gasteiger partial charge in [-0.1, -0.05) is 175 Å². The van der Waals surface area contributed by atoms with E-state index in [-0.39, 0.29) is 105 Å². The molecule has 9 aromatic rings. The zero-order chi connectivity index (χ0) is 72.7. The number of hydrogen-bond donors (Lipinski definition) is 2. The standard InChI is InChI=1S/2C22H13Cl3F3N3O.C15H12BrCl2F3N2O.C8H3ClO3.3CH4/c23-12-7-17(29-8-11-4-5-15(24)14(6-11)22(26,27)28)21(30-9-12)20-13-2-1-3-16(25)19(13)18(32)10-31-20;23-12-7-17(29-8-11-4-5-15(24)14(6-11)22(26,27)28)20(30-9-12)21-19-13(18(32)10-31-21)2-1-3-16(19)25;1-24-8-23(13-5-10(17)6-22-14(13)16)7-9-2-3-12(18)11(4-9)15(19,20)21;9-5-3-1-2-4-6(5)8(11)12-7(4)10;;;/h2*1-7,9,29H,8,10H2;2-6H,7-8H2,1H3;1-3H;3*1H4. The first kappa shape index (κ1) is 84.3. The fourth-order valence-electron chi connectivity index (χ4n) is 9.94. The Balaban J connectivity index is 0.000000223. The number of rotatable bonds is 13. The van der Waals surface area contributed by atoms with Crippen molar-refractivity contribution in [2.24, 2.45) is 9.98 Å². The number of carbonyl (C=O) groups excluding carboxylic acids is 4. The molecule has 0 saturated heterocycles. The number of benzene rings is 6. The van der Waals surface area contributed by atoms with Crippen LogP contribution < -0.4 is 15.5 Å². The Hall–Kier alpha value is -7.59. The van der Waals surface area contributed by atoms with Crippen molar-refractivity contribution < 1.29 is 68.2 Å². The van der Waals surface area contributed by atoms with E-state index in [0.717, 1.165) is 18.2 Å². The number of nitrogens with one attached hydrogen (secondary N) is 2. The first-order chi connectivity index (χ1) is 47.2. The summed E-state index contributed by atoms with van der Waals surface area (Å²) < 4.78 is 128. The van der Waals surface area contributed by atoms with Crippen LogP contribution in [0.4, 0.5) is 56.6 Å². The minimum atomic E-state index is -4.57. The molecule has 2 N–H and O–H groups in total. The average molecular weight is 1670 g/mol. The van der Waals surface area contributed by atoms with Gasteiger partial charge in [-0.25, -0.2) is 14.6 Å². The molecular formula is C70H53BrCl9F9N8O6. The number of hydrogen-bond acceptors (Lipinski definition) is 14. The number of pyridine rings is 3. The predicted molar refractivity (Wildman–Crippen MR) is 391 cm³/mol. The minimum Gasteiger partial charge on any atom is -0.386 e. The van der Waals surface area contributed by atoms with Crippen molar-refractivity contribution in [2.45, 2.75) is 60.4 Å². The van der Waals surface area contributed by atoms with E-state index < -0.39 is 47.2 Å². The summed E-state index contributed by atoms with van der Waals surface area (Å²) in [5.41, 5.74) is 3.70. The van der Waals surface area contributed by atoms with Crippen LogP contribution in [0, 0.1) is 0 Å². The first-order valence-corrected chi connectivity index (χ1v) is 32.6. The lowest BCUT2D eigenvalue weighted by Crippen LogP contribution is -2.26. The molecule has 6 aromatic carbocycles. The van der Waals surface area contributed by atoms with Gasteiger partial charge in [-0.15, -0.1) is 0 Å². The van der Waals surface area contributed by atoms with Gasteiger partial charge in [0.1, 0.15) is 35.8 Å². The molecule has 0 unspecified atom stereocenters. The number of ketones is 2. The molecule has 12 rings (SSSR count). The number of aliphatic imine (C=N–C) groups is 2. The van der Waals surface area contributed by atoms with Crippen molar-refractivity contribution >= 4 is 172 Å². The molecule has 0 fully saturated rings. The number of anilines is 3. The Bertz CT molecular complexity index is 4760. The molecule has 0 amide bonds. The lowest BCUT2D eigenvalue weighted by molar-refractivity contribution is -0.138. The Kier molecular flexibility index (Phi) is 29.4. The van der Waals surface area contributed by atoms with Gasteiger partial charge in [0, 0.05) is 67.6 Å². The monoisotopic (exact) mass is 1670 g/mol. The van der Waals surface area contributed by atoms with Crippen LogP contribution in [0.15, 0.2) is 161 Å². The van der Waals surface area contributed by atoms with Crippen molar-refractivity contribution in [3.8, 4) is 0 Å². The summed E-state index contributed by atoms with van der Waals surface area (Å²) in [4.78, 5) is 69.7. The average Bonchev–Trinajstić information content (AvgIpc) is 1.33. The molecule has 0 saturated carbocycles. The van der Waals surface area contributed by atoms with Gasteiger partial charge in [0.05, 0.1) is 102 Å². The second-order valence-electron chi connectivity index (χ2n) is 21.2. The number of alkyl halides is 9. The number of aromatic nitrogens is 3. The summed E-state index contributed by atoms with van der Waals surface area (Å²) in [5, 5.41) is 6.98. The quantitative estimate of drug-likeness (QED) is 0.0368. The zero-order valence-corrected chi connectivity index (χ0v) is 58.8. The number of cyclic esters (lactones) is 2. The van der Waals surface area contributed by atoms with E-state index in [2.05, 4.69) is 56.2 Å². The molecule has 542 valence electrons. The van der Waals surface area contributed by atoms with Crippen LogP contribution in [-0.4, -0.2) is 76.8 Å². The summed E-state index contributed by atoms with van der Waals surface area (Å²) in [5.74, 6) is -1.67. The van der Waals surface area contributed by atoms with E-state index in [0.29, 0.717) is 109 Å². The van der Waals surface area contributed by atoms with Gasteiger partial charge in [0.2, 0.25) is 0 Å². The van der Waals surface area contributed by atoms with Crippen molar-refractivity contribution in [3.05, 3.63) is 274 Å². The number of halogens is 19. The molecule has 0 radical (unpaired) electrons. The third-order valence-corrected chi connectivity index (χ3v) is 17.6. The first-order valence-electron chi connectivity index (χ1n) is 28.4. The Morgan fingerprint density at radius 2 is 0.893 bits per heavy atom. The predicted octanol–water partition coefficient (Wildman–Crippen LogP) is 22.8. The van der Waals surface area contributed by atoms with Crippen LogP contribution in [0.3, 0.4) is 0 Å². The number of methoxy groups -OCH3 is 1. The number of fused-ring (bicyclic) bond motifs is 3. The maximum Gasteiger partial charge on any atom is 0.417 e. The van der Waals surface area contributed by atoms with Crippen molar-refractivity contribution in [3.63, 3.8) is 0 Å². The fraction of sp³-hybridized carbons (Fsp3) is 0.186. The smallest absolute Gasteiger partial charge is 0.386 e. The minimum absolute atomic E-state index is 0. The van der Waals surface area contributed by atoms with Crippen LogP contribution in [0.25, 0.3) is 0 Å². The van der Waals surface area contributed by atoms with E-state index in [4.69, 9.17) is 109 Å². The second kappa shape index (κ2) is 35.9. The van der Waals surface area contributed by atoms with Gasteiger partial charge in [0.25, 0.3) is 0 Å². The molecule has 3 aromatic heterocycles. The highest BCUT2D eigenvalue weighted by atomic mass is 79.9. The van der Waals surface area contributed by atoms with E-state index in [9.17, 15) is 58.7 Å². The molecule has 0 spiro atoms. The summed E-state index contributed by atoms with van der Waals surface area (Å²) in [6.45, 7) is 0.223. The Labute approximate surface area is 637 Å². The Morgan fingerprint density at radius 1 is 0.476 bits per heavy atom. The third-order valence-electron chi connectivity index (χ3n) is 14.4. The highest BCUT2D eigenvalue weighted by Crippen LogP contribution is 2.40. The summed E-state index contributed by atoms with van der Waals surface area (Å²) >= 11 is 56.8. The summed E-state index contributed by atoms with van der Waals surface area (Å²) in [7, 11) is 1.49. The topological polar surface area (TPSA) is 177 Å². The van der Waals surface area contributed by atoms with Crippen LogP contribution in [0.1, 0.15) is 120 Å². The van der Waals surface area contributed by atoms with E-state index in [1.165, 1.54) is 68.2 Å². The van der Waals surface area contributed by atoms with Gasteiger partial charge in [-0.2, -0.15) is 39.5 Å². The van der Waals surface area contributed by atoms with Crippen LogP contribution >= 0.6 is 120 Å². The number of nitrogens with zero attached hydrogens (tertiary/aromatic N) is 6.